The van der Waals surface area contributed by atoms with Gasteiger partial charge in [0.1, 0.15) is 0 Å². The van der Waals surface area contributed by atoms with Gasteiger partial charge in [0.25, 0.3) is 5.56 Å². The lowest BCUT2D eigenvalue weighted by molar-refractivity contribution is -0.151. The maximum Gasteiger partial charge on any atom is 0.328 e. The highest BCUT2D eigenvalue weighted by molar-refractivity contribution is 5.68. The Bertz CT molecular complexity index is 459. The Balaban J connectivity index is 2.69. The number of carbonyl (C=O) groups is 1. The van der Waals surface area contributed by atoms with Gasteiger partial charge in [0, 0.05) is 19.7 Å². The lowest BCUT2D eigenvalue weighted by Gasteiger charge is -2.16. The van der Waals surface area contributed by atoms with Crippen LogP contribution in [-0.2, 0) is 16.2 Å². The molecule has 18 heavy (non-hydrogen) atoms. The summed E-state index contributed by atoms with van der Waals surface area (Å²) in [5.74, 6) is 4.26. The second-order valence-electron chi connectivity index (χ2n) is 3.63. The average molecular weight is 255 g/mol. The van der Waals surface area contributed by atoms with Gasteiger partial charge >= 0.3 is 5.97 Å². The van der Waals surface area contributed by atoms with Crippen molar-refractivity contribution in [3.63, 3.8) is 0 Å². The van der Waals surface area contributed by atoms with E-state index < -0.39 is 5.97 Å². The standard InChI is InChI=1S/C10H17N5O3/c1-3-14(2)8-6-9(16)15(12-7-8)5-4-10(17)18-13-11/h6-7,13H,3-5,11H2,1-2H3. The van der Waals surface area contributed by atoms with E-state index in [0.717, 1.165) is 12.2 Å². The summed E-state index contributed by atoms with van der Waals surface area (Å²) in [5.41, 5.74) is 2.26. The molecule has 0 unspecified atom stereocenters. The van der Waals surface area contributed by atoms with E-state index in [1.54, 1.807) is 11.8 Å². The van der Waals surface area contributed by atoms with Gasteiger partial charge in [-0.2, -0.15) is 5.10 Å². The molecule has 1 aromatic heterocycles. The Kier molecular flexibility index (Phi) is 5.28. The zero-order chi connectivity index (χ0) is 13.5. The molecule has 1 rings (SSSR count). The molecule has 0 saturated carbocycles. The smallest absolute Gasteiger partial charge is 0.328 e. The third kappa shape index (κ3) is 3.82. The lowest BCUT2D eigenvalue weighted by atomic mass is 10.4. The number of nitrogens with two attached hydrogens (primary N) is 1. The fourth-order valence-corrected chi connectivity index (χ4v) is 1.30. The van der Waals surface area contributed by atoms with Gasteiger partial charge in [-0.15, -0.1) is 0 Å². The van der Waals surface area contributed by atoms with E-state index in [1.807, 2.05) is 18.9 Å². The molecule has 8 nitrogen and oxygen atoms in total. The van der Waals surface area contributed by atoms with Crippen molar-refractivity contribution >= 4 is 11.7 Å². The molecule has 0 spiro atoms. The Hall–Kier alpha value is -1.93. The number of nitrogens with one attached hydrogen (secondary N) is 1. The summed E-state index contributed by atoms with van der Waals surface area (Å²) in [4.78, 5) is 29.0. The number of hydrogen-bond donors (Lipinski definition) is 2. The summed E-state index contributed by atoms with van der Waals surface area (Å²) < 4.78 is 1.20. The third-order valence-corrected chi connectivity index (χ3v) is 2.47. The van der Waals surface area contributed by atoms with Crippen LogP contribution in [0.5, 0.6) is 0 Å². The van der Waals surface area contributed by atoms with Crippen LogP contribution in [0, 0.1) is 0 Å². The van der Waals surface area contributed by atoms with E-state index in [-0.39, 0.29) is 18.5 Å². The molecule has 1 heterocycles. The maximum atomic E-state index is 11.7. The predicted molar refractivity (Wildman–Crippen MR) is 65.5 cm³/mol. The first-order chi connectivity index (χ1) is 8.58. The summed E-state index contributed by atoms with van der Waals surface area (Å²) in [6.45, 7) is 2.90. The quantitative estimate of drug-likeness (QED) is 0.497. The number of anilines is 1. The summed E-state index contributed by atoms with van der Waals surface area (Å²) in [6.07, 6.45) is 1.59. The molecular formula is C10H17N5O3. The fourth-order valence-electron chi connectivity index (χ4n) is 1.30. The molecule has 0 fully saturated rings. The summed E-state index contributed by atoms with van der Waals surface area (Å²) >= 11 is 0. The normalized spacial score (nSPS) is 10.2. The molecule has 0 aliphatic rings. The van der Waals surface area contributed by atoms with Crippen LogP contribution >= 0.6 is 0 Å². The third-order valence-electron chi connectivity index (χ3n) is 2.47. The van der Waals surface area contributed by atoms with Crippen LogP contribution in [0.2, 0.25) is 0 Å². The maximum absolute atomic E-state index is 11.7. The number of carbonyl (C=O) groups excluding carboxylic acids is 1. The van der Waals surface area contributed by atoms with Gasteiger partial charge in [0.15, 0.2) is 0 Å². The average Bonchev–Trinajstić information content (AvgIpc) is 2.36. The van der Waals surface area contributed by atoms with Crippen LogP contribution in [0.3, 0.4) is 0 Å². The predicted octanol–water partition coefficient (Wildman–Crippen LogP) is -0.989. The molecule has 0 atom stereocenters. The van der Waals surface area contributed by atoms with E-state index in [9.17, 15) is 9.59 Å². The van der Waals surface area contributed by atoms with E-state index in [1.165, 1.54) is 10.7 Å². The minimum atomic E-state index is -0.555. The van der Waals surface area contributed by atoms with Crippen molar-refractivity contribution in [2.24, 2.45) is 5.84 Å². The first kappa shape index (κ1) is 14.1. The first-order valence-corrected chi connectivity index (χ1v) is 5.52. The zero-order valence-electron chi connectivity index (χ0n) is 10.4. The van der Waals surface area contributed by atoms with E-state index in [4.69, 9.17) is 5.84 Å². The van der Waals surface area contributed by atoms with Gasteiger partial charge in [-0.05, 0) is 6.92 Å². The van der Waals surface area contributed by atoms with Gasteiger partial charge in [0.05, 0.1) is 24.8 Å². The van der Waals surface area contributed by atoms with Gasteiger partial charge in [-0.1, -0.05) is 5.59 Å². The highest BCUT2D eigenvalue weighted by atomic mass is 16.7. The van der Waals surface area contributed by atoms with E-state index in [0.29, 0.717) is 0 Å². The summed E-state index contributed by atoms with van der Waals surface area (Å²) in [6, 6.07) is 1.48. The Morgan fingerprint density at radius 1 is 1.67 bits per heavy atom. The number of aromatic nitrogens is 2. The lowest BCUT2D eigenvalue weighted by Crippen LogP contribution is -2.29. The molecule has 0 amide bonds. The Morgan fingerprint density at radius 2 is 2.39 bits per heavy atom. The molecule has 0 aliphatic carbocycles. The summed E-state index contributed by atoms with van der Waals surface area (Å²) in [7, 11) is 1.87. The number of nitrogens with zero attached hydrogens (tertiary/aromatic N) is 3. The monoisotopic (exact) mass is 255 g/mol. The topological polar surface area (TPSA) is 102 Å². The SMILES string of the molecule is CCN(C)c1cnn(CCC(=O)ONN)c(=O)c1. The van der Waals surface area contributed by atoms with Crippen LogP contribution in [-0.4, -0.2) is 29.3 Å². The number of hydrazine groups is 1. The largest absolute Gasteiger partial charge is 0.373 e. The molecule has 1 aromatic rings. The van der Waals surface area contributed by atoms with Crippen molar-refractivity contribution in [3.05, 3.63) is 22.6 Å². The van der Waals surface area contributed by atoms with Gasteiger partial charge in [-0.3, -0.25) is 9.59 Å². The molecule has 0 aliphatic heterocycles. The van der Waals surface area contributed by atoms with Crippen molar-refractivity contribution in [1.82, 2.24) is 15.4 Å². The number of hydrogen-bond acceptors (Lipinski definition) is 7. The molecular weight excluding hydrogens is 238 g/mol. The van der Waals surface area contributed by atoms with Crippen molar-refractivity contribution in [2.75, 3.05) is 18.5 Å². The second kappa shape index (κ2) is 6.72. The van der Waals surface area contributed by atoms with Crippen molar-refractivity contribution < 1.29 is 9.63 Å². The fraction of sp³-hybridized carbons (Fsp3) is 0.500. The minimum absolute atomic E-state index is 0.0140. The summed E-state index contributed by atoms with van der Waals surface area (Å²) in [5, 5.41) is 3.98. The van der Waals surface area contributed by atoms with E-state index in [2.05, 4.69) is 9.94 Å². The molecule has 3 N–H and O–H groups in total. The first-order valence-electron chi connectivity index (χ1n) is 5.52. The van der Waals surface area contributed by atoms with Gasteiger partial charge in [-0.25, -0.2) is 10.5 Å². The van der Waals surface area contributed by atoms with Crippen LogP contribution in [0.1, 0.15) is 13.3 Å². The number of rotatable bonds is 6. The molecule has 0 bridgehead atoms. The molecule has 0 radical (unpaired) electrons. The Morgan fingerprint density at radius 3 is 2.94 bits per heavy atom. The van der Waals surface area contributed by atoms with Crippen molar-refractivity contribution in [3.8, 4) is 0 Å². The number of aryl methyl sites for hydroxylation is 1. The van der Waals surface area contributed by atoms with Crippen molar-refractivity contribution in [2.45, 2.75) is 19.9 Å². The highest BCUT2D eigenvalue weighted by Crippen LogP contribution is 2.05. The molecule has 100 valence electrons. The molecule has 0 aromatic carbocycles. The minimum Gasteiger partial charge on any atom is -0.373 e. The van der Waals surface area contributed by atoms with Crippen molar-refractivity contribution in [1.29, 1.82) is 0 Å². The molecule has 0 saturated heterocycles. The van der Waals surface area contributed by atoms with Crippen LogP contribution in [0.15, 0.2) is 17.1 Å². The van der Waals surface area contributed by atoms with Gasteiger partial charge in [0.2, 0.25) is 0 Å². The van der Waals surface area contributed by atoms with Crippen LogP contribution in [0.4, 0.5) is 5.69 Å². The Labute approximate surface area is 104 Å². The van der Waals surface area contributed by atoms with Gasteiger partial charge < -0.3 is 9.74 Å². The zero-order valence-corrected chi connectivity index (χ0v) is 10.4. The van der Waals surface area contributed by atoms with Crippen LogP contribution in [0.25, 0.3) is 0 Å². The second-order valence-corrected chi connectivity index (χ2v) is 3.63. The van der Waals surface area contributed by atoms with Crippen LogP contribution < -0.4 is 21.9 Å². The molecule has 8 heteroatoms. The highest BCUT2D eigenvalue weighted by Gasteiger charge is 2.06. The van der Waals surface area contributed by atoms with E-state index >= 15 is 0 Å².